The van der Waals surface area contributed by atoms with Gasteiger partial charge in [0.25, 0.3) is 0 Å². The van der Waals surface area contributed by atoms with Gasteiger partial charge in [-0.1, -0.05) is 18.2 Å². The van der Waals surface area contributed by atoms with E-state index in [1.54, 1.807) is 23.1 Å². The number of carbonyl (C=O) groups excluding carboxylic acids is 2. The highest BCUT2D eigenvalue weighted by Gasteiger charge is 2.49. The fraction of sp³-hybridized carbons (Fsp3) is 0.474. The molecule has 2 saturated heterocycles. The lowest BCUT2D eigenvalue weighted by molar-refractivity contribution is -0.146. The number of hydrogen-bond acceptors (Lipinski definition) is 2. The number of carbonyl (C=O) groups is 2. The fourth-order valence-corrected chi connectivity index (χ4v) is 3.81. The van der Waals surface area contributed by atoms with Gasteiger partial charge in [-0.05, 0) is 37.0 Å². The summed E-state index contributed by atoms with van der Waals surface area (Å²) in [5.41, 5.74) is 0.453. The maximum Gasteiger partial charge on any atom is 0.317 e. The molecule has 5 nitrogen and oxygen atoms in total. The largest absolute Gasteiger partial charge is 0.338 e. The first-order valence-electron chi connectivity index (χ1n) is 8.71. The molecule has 2 fully saturated rings. The molecular formula is C19H24FN3O2. The maximum absolute atomic E-state index is 13.1. The molecule has 0 saturated carbocycles. The monoisotopic (exact) mass is 345 g/mol. The van der Waals surface area contributed by atoms with Crippen molar-refractivity contribution < 1.29 is 14.0 Å². The highest BCUT2D eigenvalue weighted by Crippen LogP contribution is 2.40. The Hall–Kier alpha value is -2.37. The molecule has 0 aliphatic carbocycles. The topological polar surface area (TPSA) is 52.7 Å². The highest BCUT2D eigenvalue weighted by molar-refractivity contribution is 5.85. The molecule has 1 aromatic rings. The van der Waals surface area contributed by atoms with Gasteiger partial charge in [0.15, 0.2) is 0 Å². The van der Waals surface area contributed by atoms with Crippen LogP contribution in [0.5, 0.6) is 0 Å². The van der Waals surface area contributed by atoms with Crippen molar-refractivity contribution in [3.05, 3.63) is 48.3 Å². The van der Waals surface area contributed by atoms with Crippen molar-refractivity contribution in [2.45, 2.75) is 25.8 Å². The number of piperidine rings is 1. The molecule has 1 spiro atoms. The fourth-order valence-electron chi connectivity index (χ4n) is 3.81. The van der Waals surface area contributed by atoms with Gasteiger partial charge in [0.1, 0.15) is 5.82 Å². The van der Waals surface area contributed by atoms with Gasteiger partial charge in [0, 0.05) is 32.7 Å². The van der Waals surface area contributed by atoms with Crippen LogP contribution in [0.3, 0.4) is 0 Å². The summed E-state index contributed by atoms with van der Waals surface area (Å²) in [6.45, 7) is 6.28. The Balaban J connectivity index is 1.66. The van der Waals surface area contributed by atoms with Crippen LogP contribution in [0.1, 0.15) is 24.8 Å². The van der Waals surface area contributed by atoms with Crippen LogP contribution in [-0.4, -0.2) is 47.9 Å². The molecule has 2 aliphatic heterocycles. The first-order valence-corrected chi connectivity index (χ1v) is 8.71. The van der Waals surface area contributed by atoms with Crippen LogP contribution in [0, 0.1) is 11.2 Å². The van der Waals surface area contributed by atoms with Gasteiger partial charge in [-0.25, -0.2) is 9.18 Å². The molecule has 2 aliphatic rings. The number of nitrogens with zero attached hydrogens (tertiary/aromatic N) is 2. The van der Waals surface area contributed by atoms with Crippen molar-refractivity contribution in [3.63, 3.8) is 0 Å². The Morgan fingerprint density at radius 1 is 1.28 bits per heavy atom. The first kappa shape index (κ1) is 17.5. The third-order valence-electron chi connectivity index (χ3n) is 5.15. The summed E-state index contributed by atoms with van der Waals surface area (Å²) >= 11 is 0. The van der Waals surface area contributed by atoms with Gasteiger partial charge >= 0.3 is 6.03 Å². The van der Waals surface area contributed by atoms with Gasteiger partial charge < -0.3 is 15.1 Å². The molecule has 0 radical (unpaired) electrons. The molecule has 2 heterocycles. The predicted octanol–water partition coefficient (Wildman–Crippen LogP) is 2.54. The molecule has 0 aromatic heterocycles. The molecular weight excluding hydrogens is 321 g/mol. The van der Waals surface area contributed by atoms with Crippen LogP contribution in [0.15, 0.2) is 36.9 Å². The summed E-state index contributed by atoms with van der Waals surface area (Å²) in [5, 5.41) is 2.78. The summed E-state index contributed by atoms with van der Waals surface area (Å²) in [6.07, 6.45) is 4.08. The molecule has 1 atom stereocenters. The minimum absolute atomic E-state index is 0.113. The van der Waals surface area contributed by atoms with Gasteiger partial charge in [0.2, 0.25) is 5.91 Å². The third kappa shape index (κ3) is 3.67. The minimum Gasteiger partial charge on any atom is -0.338 e. The van der Waals surface area contributed by atoms with E-state index in [-0.39, 0.29) is 17.8 Å². The summed E-state index contributed by atoms with van der Waals surface area (Å²) in [7, 11) is 0. The molecule has 0 unspecified atom stereocenters. The van der Waals surface area contributed by atoms with Crippen LogP contribution in [0.2, 0.25) is 0 Å². The lowest BCUT2D eigenvalue weighted by Gasteiger charge is -2.39. The van der Waals surface area contributed by atoms with E-state index < -0.39 is 5.41 Å². The maximum atomic E-state index is 13.1. The van der Waals surface area contributed by atoms with Crippen LogP contribution in [0.25, 0.3) is 0 Å². The first-order chi connectivity index (χ1) is 12.0. The average molecular weight is 345 g/mol. The van der Waals surface area contributed by atoms with Gasteiger partial charge in [-0.3, -0.25) is 4.79 Å². The van der Waals surface area contributed by atoms with Crippen LogP contribution in [-0.2, 0) is 11.3 Å². The number of halogens is 1. The molecule has 134 valence electrons. The number of likely N-dealkylation sites (tertiary alicyclic amines) is 2. The van der Waals surface area contributed by atoms with E-state index in [1.807, 2.05) is 4.90 Å². The van der Waals surface area contributed by atoms with Crippen LogP contribution < -0.4 is 5.32 Å². The Morgan fingerprint density at radius 3 is 2.76 bits per heavy atom. The zero-order valence-electron chi connectivity index (χ0n) is 14.3. The Kier molecular flexibility index (Phi) is 5.06. The van der Waals surface area contributed by atoms with Gasteiger partial charge in [0.05, 0.1) is 5.41 Å². The second-order valence-electron chi connectivity index (χ2n) is 6.88. The quantitative estimate of drug-likeness (QED) is 0.853. The zero-order valence-corrected chi connectivity index (χ0v) is 14.3. The summed E-state index contributed by atoms with van der Waals surface area (Å²) in [6, 6.07) is 6.13. The molecule has 0 bridgehead atoms. The Morgan fingerprint density at radius 2 is 2.04 bits per heavy atom. The van der Waals surface area contributed by atoms with Crippen LogP contribution >= 0.6 is 0 Å². The van der Waals surface area contributed by atoms with Crippen molar-refractivity contribution >= 4 is 11.9 Å². The standard InChI is InChI=1S/C19H24FN3O2/c1-2-10-21-18(25)23-12-9-19(14-23)8-3-11-22(17(19)24)13-15-4-6-16(20)7-5-15/h2,4-7H,1,3,8-14H2,(H,21,25)/t19-/m0/s1. The van der Waals surface area contributed by atoms with E-state index in [9.17, 15) is 14.0 Å². The zero-order chi connectivity index (χ0) is 17.9. The number of urea groups is 1. The molecule has 1 aromatic carbocycles. The SMILES string of the molecule is C=CCNC(=O)N1CC[C@@]2(CCCN(Cc3ccc(F)cc3)C2=O)C1. The number of rotatable bonds is 4. The lowest BCUT2D eigenvalue weighted by atomic mass is 9.78. The predicted molar refractivity (Wildman–Crippen MR) is 93.3 cm³/mol. The van der Waals surface area contributed by atoms with E-state index in [1.165, 1.54) is 12.1 Å². The lowest BCUT2D eigenvalue weighted by Crippen LogP contribution is -2.50. The van der Waals surface area contributed by atoms with Crippen molar-refractivity contribution in [2.75, 3.05) is 26.2 Å². The molecule has 6 heteroatoms. The third-order valence-corrected chi connectivity index (χ3v) is 5.15. The van der Waals surface area contributed by atoms with E-state index in [4.69, 9.17) is 0 Å². The summed E-state index contributed by atoms with van der Waals surface area (Å²) in [5.74, 6) is -0.163. The van der Waals surface area contributed by atoms with E-state index in [0.29, 0.717) is 39.1 Å². The van der Waals surface area contributed by atoms with E-state index >= 15 is 0 Å². The molecule has 25 heavy (non-hydrogen) atoms. The second-order valence-corrected chi connectivity index (χ2v) is 6.88. The number of hydrogen-bond donors (Lipinski definition) is 1. The highest BCUT2D eigenvalue weighted by atomic mass is 19.1. The van der Waals surface area contributed by atoms with Crippen molar-refractivity contribution in [3.8, 4) is 0 Å². The summed E-state index contributed by atoms with van der Waals surface area (Å²) < 4.78 is 13.1. The van der Waals surface area contributed by atoms with Gasteiger partial charge in [-0.2, -0.15) is 0 Å². The Bertz CT molecular complexity index is 661. The molecule has 3 rings (SSSR count). The van der Waals surface area contributed by atoms with E-state index in [2.05, 4.69) is 11.9 Å². The minimum atomic E-state index is -0.468. The average Bonchev–Trinajstić information content (AvgIpc) is 3.04. The second kappa shape index (κ2) is 7.25. The number of benzene rings is 1. The number of amides is 3. The van der Waals surface area contributed by atoms with Gasteiger partial charge in [-0.15, -0.1) is 6.58 Å². The Labute approximate surface area is 147 Å². The smallest absolute Gasteiger partial charge is 0.317 e. The van der Waals surface area contributed by atoms with Crippen LogP contribution in [0.4, 0.5) is 9.18 Å². The van der Waals surface area contributed by atoms with Crippen molar-refractivity contribution in [2.24, 2.45) is 5.41 Å². The van der Waals surface area contributed by atoms with E-state index in [0.717, 1.165) is 18.4 Å². The van der Waals surface area contributed by atoms with Crippen molar-refractivity contribution in [1.29, 1.82) is 0 Å². The van der Waals surface area contributed by atoms with Crippen molar-refractivity contribution in [1.82, 2.24) is 15.1 Å². The normalized spacial score (nSPS) is 23.2. The molecule has 1 N–H and O–H groups in total. The molecule has 3 amide bonds. The number of nitrogens with one attached hydrogen (secondary N) is 1. The summed E-state index contributed by atoms with van der Waals surface area (Å²) in [4.78, 5) is 28.8.